The van der Waals surface area contributed by atoms with Crippen molar-refractivity contribution in [2.75, 3.05) is 18.0 Å². The van der Waals surface area contributed by atoms with Gasteiger partial charge in [0.25, 0.3) is 5.91 Å². The maximum absolute atomic E-state index is 13.6. The van der Waals surface area contributed by atoms with Crippen molar-refractivity contribution in [1.82, 2.24) is 9.88 Å². The van der Waals surface area contributed by atoms with E-state index in [1.165, 1.54) is 17.2 Å². The van der Waals surface area contributed by atoms with Gasteiger partial charge < -0.3 is 9.64 Å². The second-order valence-electron chi connectivity index (χ2n) is 7.48. The van der Waals surface area contributed by atoms with Gasteiger partial charge in [0.1, 0.15) is 11.0 Å². The number of piperidine rings is 1. The molecule has 2 heterocycles. The number of rotatable bonds is 2. The molecule has 0 saturated carbocycles. The molecular weight excluding hydrogens is 377 g/mol. The lowest BCUT2D eigenvalue weighted by Crippen LogP contribution is -2.55. The van der Waals surface area contributed by atoms with Crippen LogP contribution in [0.25, 0.3) is 0 Å². The van der Waals surface area contributed by atoms with Gasteiger partial charge in [-0.3, -0.25) is 9.78 Å². The Morgan fingerprint density at radius 2 is 1.89 bits per heavy atom. The number of pyridine rings is 1. The topological polar surface area (TPSA) is 86.5 Å². The van der Waals surface area contributed by atoms with Crippen LogP contribution in [0.2, 0.25) is 0 Å². The number of likely N-dealkylation sites (tertiary alicyclic amines) is 1. The highest BCUT2D eigenvalue weighted by atomic mass is 19.4. The fourth-order valence-electron chi connectivity index (χ4n) is 2.85. The van der Waals surface area contributed by atoms with E-state index in [0.717, 1.165) is 12.3 Å². The van der Waals surface area contributed by atoms with Gasteiger partial charge in [0.05, 0.1) is 18.0 Å². The minimum atomic E-state index is -5.02. The third kappa shape index (κ3) is 4.71. The second-order valence-corrected chi connectivity index (χ2v) is 7.48. The number of carbonyl (C=O) groups is 2. The summed E-state index contributed by atoms with van der Waals surface area (Å²) >= 11 is 0. The summed E-state index contributed by atoms with van der Waals surface area (Å²) in [4.78, 5) is 29.5. The molecule has 0 bridgehead atoms. The zero-order valence-electron chi connectivity index (χ0n) is 15.8. The molecule has 2 amide bonds. The largest absolute Gasteiger partial charge is 0.491 e. The molecule has 1 aromatic rings. The van der Waals surface area contributed by atoms with Crippen molar-refractivity contribution in [1.29, 1.82) is 5.26 Å². The van der Waals surface area contributed by atoms with Crippen LogP contribution in [0.15, 0.2) is 24.5 Å². The van der Waals surface area contributed by atoms with Crippen LogP contribution in [0.3, 0.4) is 0 Å². The average Bonchev–Trinajstić information content (AvgIpc) is 2.60. The number of aromatic nitrogens is 1. The van der Waals surface area contributed by atoms with E-state index >= 15 is 0 Å². The van der Waals surface area contributed by atoms with Crippen molar-refractivity contribution in [3.63, 3.8) is 0 Å². The molecule has 0 aromatic carbocycles. The number of alkyl halides is 3. The number of anilines is 1. The summed E-state index contributed by atoms with van der Waals surface area (Å²) in [6.45, 7) is 4.94. The second kappa shape index (κ2) is 7.66. The molecule has 152 valence electrons. The van der Waals surface area contributed by atoms with Crippen LogP contribution in [-0.4, -0.2) is 46.9 Å². The first kappa shape index (κ1) is 21.5. The van der Waals surface area contributed by atoms with Crippen molar-refractivity contribution >= 4 is 17.7 Å². The Labute approximate surface area is 160 Å². The fraction of sp³-hybridized carbons (Fsp3) is 0.556. The highest BCUT2D eigenvalue weighted by Crippen LogP contribution is 2.39. The lowest BCUT2D eigenvalue weighted by molar-refractivity contribution is -0.156. The first-order chi connectivity index (χ1) is 12.9. The smallest absolute Gasteiger partial charge is 0.444 e. The quantitative estimate of drug-likeness (QED) is 0.712. The number of amides is 2. The van der Waals surface area contributed by atoms with Crippen LogP contribution >= 0.6 is 0 Å². The van der Waals surface area contributed by atoms with Gasteiger partial charge in [-0.2, -0.15) is 5.26 Å². The van der Waals surface area contributed by atoms with Gasteiger partial charge in [-0.1, -0.05) is 0 Å². The molecule has 1 aliphatic heterocycles. The molecule has 1 aliphatic rings. The van der Waals surface area contributed by atoms with Gasteiger partial charge in [-0.25, -0.2) is 9.69 Å². The van der Waals surface area contributed by atoms with E-state index in [9.17, 15) is 28.0 Å². The molecule has 0 atom stereocenters. The Hall–Kier alpha value is -2.83. The number of nitriles is 1. The zero-order chi connectivity index (χ0) is 21.2. The number of carbonyl (C=O) groups excluding carboxylic acids is 2. The molecule has 0 spiro atoms. The Balaban J connectivity index is 2.23. The molecule has 1 aromatic heterocycles. The maximum Gasteiger partial charge on any atom is 0.491 e. The van der Waals surface area contributed by atoms with E-state index in [0.29, 0.717) is 0 Å². The lowest BCUT2D eigenvalue weighted by Gasteiger charge is -2.39. The third-order valence-corrected chi connectivity index (χ3v) is 4.25. The summed E-state index contributed by atoms with van der Waals surface area (Å²) in [5.74, 6) is -1.38. The minimum Gasteiger partial charge on any atom is -0.444 e. The highest BCUT2D eigenvalue weighted by molar-refractivity contribution is 6.00. The van der Waals surface area contributed by atoms with Crippen LogP contribution in [0.4, 0.5) is 23.7 Å². The Morgan fingerprint density at radius 3 is 2.32 bits per heavy atom. The summed E-state index contributed by atoms with van der Waals surface area (Å²) in [5.41, 5.74) is -3.10. The number of ether oxygens (including phenoxy) is 1. The molecule has 1 fully saturated rings. The summed E-state index contributed by atoms with van der Waals surface area (Å²) in [6, 6.07) is 4.12. The number of hydrogen-bond donors (Lipinski definition) is 0. The Kier molecular flexibility index (Phi) is 5.87. The van der Waals surface area contributed by atoms with Crippen LogP contribution in [0, 0.1) is 16.7 Å². The lowest BCUT2D eigenvalue weighted by atomic mass is 9.78. The molecule has 10 heteroatoms. The van der Waals surface area contributed by atoms with Crippen LogP contribution < -0.4 is 4.90 Å². The van der Waals surface area contributed by atoms with Crippen LogP contribution in [0.1, 0.15) is 33.6 Å². The molecular formula is C18H21F3N4O3. The monoisotopic (exact) mass is 398 g/mol. The van der Waals surface area contributed by atoms with Crippen molar-refractivity contribution in [2.45, 2.75) is 45.5 Å². The molecule has 0 unspecified atom stereocenters. The molecule has 0 aliphatic carbocycles. The van der Waals surface area contributed by atoms with Gasteiger partial charge in [-0.05, 0) is 45.7 Å². The summed E-state index contributed by atoms with van der Waals surface area (Å²) in [6.07, 6.45) is -3.92. The summed E-state index contributed by atoms with van der Waals surface area (Å²) in [5, 5.41) is 9.57. The van der Waals surface area contributed by atoms with Crippen molar-refractivity contribution in [3.8, 4) is 6.07 Å². The SMILES string of the molecule is CC(C)(C)OC(=O)N1CCC(C#N)(C(=O)N(c2cccnc2)C(F)(F)F)CC1. The van der Waals surface area contributed by atoms with Gasteiger partial charge >= 0.3 is 12.4 Å². The predicted molar refractivity (Wildman–Crippen MR) is 92.9 cm³/mol. The summed E-state index contributed by atoms with van der Waals surface area (Å²) < 4.78 is 46.0. The van der Waals surface area contributed by atoms with E-state index in [1.807, 2.05) is 0 Å². The molecule has 0 radical (unpaired) electrons. The zero-order valence-corrected chi connectivity index (χ0v) is 15.8. The van der Waals surface area contributed by atoms with Gasteiger partial charge in [-0.15, -0.1) is 13.2 Å². The van der Waals surface area contributed by atoms with Crippen molar-refractivity contribution in [2.24, 2.45) is 5.41 Å². The fourth-order valence-corrected chi connectivity index (χ4v) is 2.85. The van der Waals surface area contributed by atoms with Gasteiger partial charge in [0.15, 0.2) is 0 Å². The van der Waals surface area contributed by atoms with Crippen LogP contribution in [0.5, 0.6) is 0 Å². The summed E-state index contributed by atoms with van der Waals surface area (Å²) in [7, 11) is 0. The Bertz CT molecular complexity index is 761. The molecule has 1 saturated heterocycles. The van der Waals surface area contributed by atoms with Crippen molar-refractivity contribution in [3.05, 3.63) is 24.5 Å². The average molecular weight is 398 g/mol. The molecule has 2 rings (SSSR count). The molecule has 7 nitrogen and oxygen atoms in total. The molecule has 0 N–H and O–H groups in total. The standard InChI is InChI=1S/C18H21F3N4O3/c1-16(2,3)28-15(27)24-9-6-17(12-22,7-10-24)14(26)25(18(19,20)21)13-5-4-8-23-11-13/h4-5,8,11H,6-7,9-10H2,1-3H3. The number of hydrogen-bond acceptors (Lipinski definition) is 5. The number of halogens is 3. The predicted octanol–water partition coefficient (Wildman–Crippen LogP) is 3.48. The van der Waals surface area contributed by atoms with E-state index in [2.05, 4.69) is 4.98 Å². The number of nitrogens with zero attached hydrogens (tertiary/aromatic N) is 4. The van der Waals surface area contributed by atoms with E-state index in [4.69, 9.17) is 4.74 Å². The van der Waals surface area contributed by atoms with Crippen LogP contribution in [-0.2, 0) is 9.53 Å². The van der Waals surface area contributed by atoms with E-state index in [-0.39, 0.29) is 30.8 Å². The van der Waals surface area contributed by atoms with Gasteiger partial charge in [0.2, 0.25) is 0 Å². The highest BCUT2D eigenvalue weighted by Gasteiger charge is 2.53. The van der Waals surface area contributed by atoms with E-state index in [1.54, 1.807) is 26.8 Å². The maximum atomic E-state index is 13.6. The third-order valence-electron chi connectivity index (χ3n) is 4.25. The Morgan fingerprint density at radius 1 is 1.29 bits per heavy atom. The van der Waals surface area contributed by atoms with Crippen molar-refractivity contribution < 1.29 is 27.5 Å². The first-order valence-corrected chi connectivity index (χ1v) is 8.60. The van der Waals surface area contributed by atoms with Gasteiger partial charge in [0, 0.05) is 19.3 Å². The molecule has 28 heavy (non-hydrogen) atoms. The first-order valence-electron chi connectivity index (χ1n) is 8.60. The normalized spacial score (nSPS) is 16.8. The van der Waals surface area contributed by atoms with E-state index < -0.39 is 35.0 Å². The minimum absolute atomic E-state index is 0.0625.